The van der Waals surface area contributed by atoms with Gasteiger partial charge in [0, 0.05) is 17.7 Å². The lowest BCUT2D eigenvalue weighted by Crippen LogP contribution is -2.23. The molecule has 0 saturated carbocycles. The molecule has 6 heteroatoms. The molecule has 1 aliphatic heterocycles. The molecular formula is C14H17NO5. The molecule has 0 aromatic carbocycles. The normalized spacial score (nSPS) is 17.9. The first-order valence-corrected chi connectivity index (χ1v) is 6.55. The second kappa shape index (κ2) is 5.48. The van der Waals surface area contributed by atoms with Gasteiger partial charge in [0.05, 0.1) is 6.61 Å². The Hall–Kier alpha value is -2.11. The third kappa shape index (κ3) is 2.45. The Morgan fingerprint density at radius 3 is 2.65 bits per heavy atom. The number of nitrogens with one attached hydrogen (secondary N) is 1. The first kappa shape index (κ1) is 14.3. The van der Waals surface area contributed by atoms with Crippen LogP contribution in [-0.4, -0.2) is 35.4 Å². The molecule has 1 fully saturated rings. The summed E-state index contributed by atoms with van der Waals surface area (Å²) in [4.78, 5) is 38.0. The Labute approximate surface area is 116 Å². The summed E-state index contributed by atoms with van der Waals surface area (Å²) in [6, 6.07) is 0. The molecule has 1 aliphatic rings. The van der Waals surface area contributed by atoms with E-state index >= 15 is 0 Å². The lowest BCUT2D eigenvalue weighted by Gasteiger charge is -2.08. The van der Waals surface area contributed by atoms with Gasteiger partial charge in [-0.1, -0.05) is 6.92 Å². The van der Waals surface area contributed by atoms with Gasteiger partial charge < -0.3 is 14.5 Å². The molecule has 1 saturated heterocycles. The molecular weight excluding hydrogens is 262 g/mol. The largest absolute Gasteiger partial charge is 0.463 e. The summed E-state index contributed by atoms with van der Waals surface area (Å²) < 4.78 is 9.89. The predicted molar refractivity (Wildman–Crippen MR) is 69.7 cm³/mol. The van der Waals surface area contributed by atoms with E-state index in [0.29, 0.717) is 29.7 Å². The number of H-pyrrole nitrogens is 1. The minimum atomic E-state index is -0.850. The van der Waals surface area contributed by atoms with E-state index in [9.17, 15) is 14.4 Å². The number of ether oxygens (including phenoxy) is 2. The van der Waals surface area contributed by atoms with Gasteiger partial charge in [0.2, 0.25) is 6.10 Å². The van der Waals surface area contributed by atoms with E-state index < -0.39 is 18.0 Å². The highest BCUT2D eigenvalue weighted by Gasteiger charge is 2.32. The van der Waals surface area contributed by atoms with Crippen LogP contribution < -0.4 is 0 Å². The number of hydrogen-bond acceptors (Lipinski definition) is 5. The number of rotatable bonds is 4. The molecule has 20 heavy (non-hydrogen) atoms. The molecule has 1 aromatic rings. The van der Waals surface area contributed by atoms with Crippen molar-refractivity contribution in [3.63, 3.8) is 0 Å². The Balaban J connectivity index is 2.28. The molecule has 1 aromatic heterocycles. The number of aromatic amines is 1. The molecule has 2 rings (SSSR count). The average Bonchev–Trinajstić information content (AvgIpc) is 2.93. The monoisotopic (exact) mass is 279 g/mol. The van der Waals surface area contributed by atoms with E-state index in [1.165, 1.54) is 6.92 Å². The van der Waals surface area contributed by atoms with E-state index in [4.69, 9.17) is 9.47 Å². The van der Waals surface area contributed by atoms with Crippen molar-refractivity contribution in [3.05, 3.63) is 22.5 Å². The van der Waals surface area contributed by atoms with Gasteiger partial charge in [-0.25, -0.2) is 9.59 Å². The summed E-state index contributed by atoms with van der Waals surface area (Å²) in [5, 5.41) is 0. The number of aryl methyl sites for hydroxylation is 1. The average molecular weight is 279 g/mol. The lowest BCUT2D eigenvalue weighted by molar-refractivity contribution is -0.145. The molecule has 1 atom stereocenters. The first-order valence-electron chi connectivity index (χ1n) is 6.55. The maximum atomic E-state index is 12.1. The Morgan fingerprint density at radius 2 is 2.15 bits per heavy atom. The van der Waals surface area contributed by atoms with Crippen LogP contribution in [0.25, 0.3) is 0 Å². The molecule has 2 heterocycles. The van der Waals surface area contributed by atoms with Crippen molar-refractivity contribution >= 4 is 17.7 Å². The molecule has 108 valence electrons. The van der Waals surface area contributed by atoms with Gasteiger partial charge in [-0.05, 0) is 25.8 Å². The third-order valence-corrected chi connectivity index (χ3v) is 3.34. The van der Waals surface area contributed by atoms with Gasteiger partial charge in [-0.15, -0.1) is 0 Å². The van der Waals surface area contributed by atoms with Gasteiger partial charge in [0.15, 0.2) is 5.78 Å². The van der Waals surface area contributed by atoms with E-state index in [1.54, 1.807) is 6.92 Å². The topological polar surface area (TPSA) is 85.5 Å². The summed E-state index contributed by atoms with van der Waals surface area (Å²) in [5.74, 6) is -1.25. The Morgan fingerprint density at radius 1 is 1.45 bits per heavy atom. The maximum absolute atomic E-state index is 12.1. The van der Waals surface area contributed by atoms with Crippen LogP contribution >= 0.6 is 0 Å². The second-order valence-corrected chi connectivity index (χ2v) is 4.74. The third-order valence-electron chi connectivity index (χ3n) is 3.34. The molecule has 0 radical (unpaired) electrons. The first-order chi connectivity index (χ1) is 9.45. The summed E-state index contributed by atoms with van der Waals surface area (Å²) >= 11 is 0. The van der Waals surface area contributed by atoms with Crippen molar-refractivity contribution in [1.82, 2.24) is 4.98 Å². The summed E-state index contributed by atoms with van der Waals surface area (Å²) in [6.45, 7) is 5.31. The number of carbonyl (C=O) groups is 3. The van der Waals surface area contributed by atoms with Crippen molar-refractivity contribution in [3.8, 4) is 0 Å². The number of esters is 2. The quantitative estimate of drug-likeness (QED) is 0.667. The highest BCUT2D eigenvalue weighted by molar-refractivity contribution is 6.01. The number of aromatic nitrogens is 1. The number of carbonyl (C=O) groups excluding carboxylic acids is 3. The van der Waals surface area contributed by atoms with Crippen molar-refractivity contribution in [2.75, 3.05) is 6.61 Å². The van der Waals surface area contributed by atoms with E-state index in [0.717, 1.165) is 0 Å². The van der Waals surface area contributed by atoms with Crippen LogP contribution in [0.15, 0.2) is 0 Å². The minimum absolute atomic E-state index is 0.102. The van der Waals surface area contributed by atoms with Crippen molar-refractivity contribution < 1.29 is 23.9 Å². The van der Waals surface area contributed by atoms with Crippen LogP contribution in [0.4, 0.5) is 0 Å². The van der Waals surface area contributed by atoms with E-state index in [1.807, 2.05) is 6.92 Å². The van der Waals surface area contributed by atoms with Gasteiger partial charge in [-0.2, -0.15) is 0 Å². The second-order valence-electron chi connectivity index (χ2n) is 4.74. The number of cyclic esters (lactones) is 1. The van der Waals surface area contributed by atoms with Crippen molar-refractivity contribution in [2.24, 2.45) is 0 Å². The molecule has 0 aliphatic carbocycles. The van der Waals surface area contributed by atoms with Crippen LogP contribution in [0.5, 0.6) is 0 Å². The standard InChI is InChI=1S/C14H17NO5/c1-4-9-11(8(3)16)7(2)15-12(9)14(18)20-10-5-6-19-13(10)17/h10,15H,4-6H2,1-3H3/t10-/m1/s1. The molecule has 0 bridgehead atoms. The van der Waals surface area contributed by atoms with Crippen molar-refractivity contribution in [2.45, 2.75) is 39.7 Å². The van der Waals surface area contributed by atoms with Crippen LogP contribution in [0, 0.1) is 6.92 Å². The Bertz CT molecular complexity index is 572. The molecule has 1 N–H and O–H groups in total. The van der Waals surface area contributed by atoms with Gasteiger partial charge in [0.25, 0.3) is 0 Å². The van der Waals surface area contributed by atoms with Crippen LogP contribution in [0.3, 0.4) is 0 Å². The zero-order chi connectivity index (χ0) is 14.9. The van der Waals surface area contributed by atoms with Crippen molar-refractivity contribution in [1.29, 1.82) is 0 Å². The Kier molecular flexibility index (Phi) is 3.92. The fraction of sp³-hybridized carbons (Fsp3) is 0.500. The molecule has 0 amide bonds. The fourth-order valence-electron chi connectivity index (χ4n) is 2.45. The number of hydrogen-bond donors (Lipinski definition) is 1. The van der Waals surface area contributed by atoms with Gasteiger partial charge in [0.1, 0.15) is 5.69 Å². The molecule has 6 nitrogen and oxygen atoms in total. The number of Topliss-reactive ketones (excluding diaryl/α,β-unsaturated/α-hetero) is 1. The molecule has 0 spiro atoms. The maximum Gasteiger partial charge on any atom is 0.355 e. The summed E-state index contributed by atoms with van der Waals surface area (Å²) in [6.07, 6.45) is 0.0426. The fourth-order valence-corrected chi connectivity index (χ4v) is 2.45. The molecule has 0 unspecified atom stereocenters. The predicted octanol–water partition coefficient (Wildman–Crippen LogP) is 1.56. The summed E-state index contributed by atoms with van der Waals surface area (Å²) in [5.41, 5.74) is 2.03. The van der Waals surface area contributed by atoms with Crippen LogP contribution in [0.1, 0.15) is 52.4 Å². The van der Waals surface area contributed by atoms with Crippen LogP contribution in [-0.2, 0) is 20.7 Å². The van der Waals surface area contributed by atoms with Gasteiger partial charge in [-0.3, -0.25) is 4.79 Å². The lowest BCUT2D eigenvalue weighted by atomic mass is 10.0. The smallest absolute Gasteiger partial charge is 0.355 e. The zero-order valence-electron chi connectivity index (χ0n) is 11.7. The van der Waals surface area contributed by atoms with Crippen LogP contribution in [0.2, 0.25) is 0 Å². The number of ketones is 1. The highest BCUT2D eigenvalue weighted by Crippen LogP contribution is 2.22. The van der Waals surface area contributed by atoms with E-state index in [2.05, 4.69) is 4.98 Å². The highest BCUT2D eigenvalue weighted by atomic mass is 16.6. The SMILES string of the molecule is CCc1c(C(=O)O[C@@H]2CCOC2=O)[nH]c(C)c1C(C)=O. The van der Waals surface area contributed by atoms with Gasteiger partial charge >= 0.3 is 11.9 Å². The zero-order valence-corrected chi connectivity index (χ0v) is 11.7. The minimum Gasteiger partial charge on any atom is -0.463 e. The van der Waals surface area contributed by atoms with E-state index in [-0.39, 0.29) is 18.1 Å². The summed E-state index contributed by atoms with van der Waals surface area (Å²) in [7, 11) is 0.